The number of ketones is 1. The molecule has 1 unspecified atom stereocenters. The van der Waals surface area contributed by atoms with E-state index in [1.165, 1.54) is 37.6 Å². The molecule has 5 rings (SSSR count). The molecule has 1 aromatic heterocycles. The summed E-state index contributed by atoms with van der Waals surface area (Å²) in [6, 6.07) is 14.3. The number of ether oxygens (including phenoxy) is 5. The second-order valence-corrected chi connectivity index (χ2v) is 10.2. The van der Waals surface area contributed by atoms with Crippen LogP contribution in [0.25, 0.3) is 16.0 Å². The second kappa shape index (κ2) is 12.0. The largest absolute Gasteiger partial charge is 0.507 e. The van der Waals surface area contributed by atoms with Crippen molar-refractivity contribution < 1.29 is 38.4 Å². The van der Waals surface area contributed by atoms with Gasteiger partial charge in [-0.05, 0) is 74.0 Å². The van der Waals surface area contributed by atoms with Gasteiger partial charge >= 0.3 is 5.91 Å². The van der Waals surface area contributed by atoms with Crippen molar-refractivity contribution in [2.45, 2.75) is 19.9 Å². The summed E-state index contributed by atoms with van der Waals surface area (Å²) in [5, 5.41) is 11.8. The van der Waals surface area contributed by atoms with Crippen LogP contribution in [0.5, 0.6) is 28.7 Å². The van der Waals surface area contributed by atoms with E-state index in [9.17, 15) is 14.7 Å². The SMILES string of the molecule is CCOc1ccc(/C(O)=C2\C(=O)C(=O)N(c3nc4ccc(OCC)cc4s3)C2c2cc(OC)c(OC)c(OC)c2)cc1. The highest BCUT2D eigenvalue weighted by molar-refractivity contribution is 7.22. The maximum absolute atomic E-state index is 13.7. The highest BCUT2D eigenvalue weighted by Crippen LogP contribution is 2.48. The molecule has 3 aromatic carbocycles. The van der Waals surface area contributed by atoms with Gasteiger partial charge < -0.3 is 28.8 Å². The third-order valence-electron chi connectivity index (χ3n) is 6.75. The number of aliphatic hydroxyl groups is 1. The quantitative estimate of drug-likeness (QED) is 0.140. The molecule has 0 spiro atoms. The first-order chi connectivity index (χ1) is 20.3. The Kier molecular flexibility index (Phi) is 8.21. The summed E-state index contributed by atoms with van der Waals surface area (Å²) in [5.41, 5.74) is 1.33. The molecule has 218 valence electrons. The molecule has 1 fully saturated rings. The van der Waals surface area contributed by atoms with Crippen molar-refractivity contribution in [2.75, 3.05) is 39.4 Å². The number of aliphatic hydroxyl groups excluding tert-OH is 1. The minimum Gasteiger partial charge on any atom is -0.507 e. The van der Waals surface area contributed by atoms with Crippen LogP contribution in [0, 0.1) is 0 Å². The fourth-order valence-electron chi connectivity index (χ4n) is 4.89. The Morgan fingerprint density at radius 1 is 0.881 bits per heavy atom. The first kappa shape index (κ1) is 28.7. The van der Waals surface area contributed by atoms with Crippen LogP contribution in [0.1, 0.15) is 31.0 Å². The van der Waals surface area contributed by atoms with Gasteiger partial charge in [0.1, 0.15) is 17.3 Å². The third kappa shape index (κ3) is 5.07. The zero-order valence-corrected chi connectivity index (χ0v) is 24.6. The number of methoxy groups -OCH3 is 3. The van der Waals surface area contributed by atoms with E-state index in [-0.39, 0.29) is 16.5 Å². The molecule has 1 aliphatic rings. The highest BCUT2D eigenvalue weighted by atomic mass is 32.1. The predicted molar refractivity (Wildman–Crippen MR) is 159 cm³/mol. The number of hydrogen-bond acceptors (Lipinski definition) is 10. The van der Waals surface area contributed by atoms with Gasteiger partial charge in [-0.3, -0.25) is 14.5 Å². The molecule has 10 nitrogen and oxygen atoms in total. The average Bonchev–Trinajstić information content (AvgIpc) is 3.54. The Hall–Kier alpha value is -4.77. The van der Waals surface area contributed by atoms with Crippen molar-refractivity contribution >= 4 is 44.1 Å². The van der Waals surface area contributed by atoms with Crippen molar-refractivity contribution in [1.82, 2.24) is 4.98 Å². The molecule has 11 heteroatoms. The zero-order chi connectivity index (χ0) is 30.0. The normalized spacial score (nSPS) is 16.1. The van der Waals surface area contributed by atoms with Gasteiger partial charge in [-0.15, -0.1) is 0 Å². The molecule has 1 saturated heterocycles. The number of rotatable bonds is 10. The minimum atomic E-state index is -1.06. The molecule has 0 saturated carbocycles. The molecule has 42 heavy (non-hydrogen) atoms. The molecular formula is C31H30N2O8S. The number of amides is 1. The van der Waals surface area contributed by atoms with E-state index in [0.29, 0.717) is 58.6 Å². The van der Waals surface area contributed by atoms with E-state index < -0.39 is 17.7 Å². The van der Waals surface area contributed by atoms with Gasteiger partial charge in [0, 0.05) is 5.56 Å². The third-order valence-corrected chi connectivity index (χ3v) is 7.77. The van der Waals surface area contributed by atoms with Crippen LogP contribution in [0.2, 0.25) is 0 Å². The molecule has 1 aliphatic heterocycles. The molecule has 2 heterocycles. The van der Waals surface area contributed by atoms with E-state index >= 15 is 0 Å². The topological polar surface area (TPSA) is 117 Å². The first-order valence-corrected chi connectivity index (χ1v) is 14.0. The molecule has 1 amide bonds. The number of carbonyl (C=O) groups excluding carboxylic acids is 2. The van der Waals surface area contributed by atoms with Gasteiger partial charge in [-0.25, -0.2) is 4.98 Å². The average molecular weight is 591 g/mol. The Labute approximate surface area is 246 Å². The summed E-state index contributed by atoms with van der Waals surface area (Å²) in [5.74, 6) is 0.247. The molecular weight excluding hydrogens is 560 g/mol. The van der Waals surface area contributed by atoms with E-state index in [1.807, 2.05) is 19.9 Å². The van der Waals surface area contributed by atoms with Gasteiger partial charge in [0.15, 0.2) is 16.6 Å². The number of hydrogen-bond donors (Lipinski definition) is 1. The molecule has 4 aromatic rings. The number of aromatic nitrogens is 1. The van der Waals surface area contributed by atoms with Gasteiger partial charge in [-0.1, -0.05) is 11.3 Å². The van der Waals surface area contributed by atoms with Crippen LogP contribution in [-0.4, -0.2) is 56.3 Å². The lowest BCUT2D eigenvalue weighted by atomic mass is 9.94. The van der Waals surface area contributed by atoms with Crippen molar-refractivity contribution in [3.63, 3.8) is 0 Å². The van der Waals surface area contributed by atoms with Crippen LogP contribution >= 0.6 is 11.3 Å². The fourth-order valence-corrected chi connectivity index (χ4v) is 5.91. The van der Waals surface area contributed by atoms with E-state index in [4.69, 9.17) is 23.7 Å². The van der Waals surface area contributed by atoms with Crippen molar-refractivity contribution in [1.29, 1.82) is 0 Å². The number of fused-ring (bicyclic) bond motifs is 1. The van der Waals surface area contributed by atoms with E-state index in [1.54, 1.807) is 48.5 Å². The van der Waals surface area contributed by atoms with Gasteiger partial charge in [0.05, 0.1) is 56.4 Å². The summed E-state index contributed by atoms with van der Waals surface area (Å²) >= 11 is 1.24. The molecule has 0 radical (unpaired) electrons. The van der Waals surface area contributed by atoms with Crippen molar-refractivity contribution in [3.8, 4) is 28.7 Å². The molecule has 1 N–H and O–H groups in total. The number of thiazole rings is 1. The Morgan fingerprint density at radius 2 is 1.50 bits per heavy atom. The lowest BCUT2D eigenvalue weighted by Gasteiger charge is -2.24. The maximum Gasteiger partial charge on any atom is 0.301 e. The van der Waals surface area contributed by atoms with Gasteiger partial charge in [-0.2, -0.15) is 0 Å². The highest BCUT2D eigenvalue weighted by Gasteiger charge is 2.48. The van der Waals surface area contributed by atoms with Crippen LogP contribution in [0.3, 0.4) is 0 Å². The minimum absolute atomic E-state index is 0.104. The second-order valence-electron chi connectivity index (χ2n) is 9.14. The standard InChI is InChI=1S/C31H30N2O8S/c1-6-40-19-10-8-17(9-11-19)27(34)25-26(18-14-22(37-3)29(39-5)23(15-18)38-4)33(30(36)28(25)35)31-32-21-13-12-20(41-7-2)16-24(21)42-31/h8-16,26,34H,6-7H2,1-5H3/b27-25+. The Balaban J connectivity index is 1.73. The van der Waals surface area contributed by atoms with Crippen molar-refractivity contribution in [3.05, 3.63) is 71.3 Å². The van der Waals surface area contributed by atoms with Crippen LogP contribution in [0.15, 0.2) is 60.2 Å². The van der Waals surface area contributed by atoms with Gasteiger partial charge in [0.2, 0.25) is 5.75 Å². The number of Topliss-reactive ketones (excluding diaryl/α,β-unsaturated/α-hetero) is 1. The monoisotopic (exact) mass is 590 g/mol. The molecule has 1 atom stereocenters. The van der Waals surface area contributed by atoms with Crippen LogP contribution in [-0.2, 0) is 9.59 Å². The van der Waals surface area contributed by atoms with E-state index in [2.05, 4.69) is 4.98 Å². The zero-order valence-electron chi connectivity index (χ0n) is 23.8. The molecule has 0 bridgehead atoms. The summed E-state index contributed by atoms with van der Waals surface area (Å²) in [6.07, 6.45) is 0. The van der Waals surface area contributed by atoms with Crippen LogP contribution < -0.4 is 28.6 Å². The number of nitrogens with zero attached hydrogens (tertiary/aromatic N) is 2. The summed E-state index contributed by atoms with van der Waals surface area (Å²) in [6.45, 7) is 4.74. The first-order valence-electron chi connectivity index (χ1n) is 13.2. The number of benzene rings is 3. The summed E-state index contributed by atoms with van der Waals surface area (Å²) in [4.78, 5) is 33.4. The molecule has 0 aliphatic carbocycles. The summed E-state index contributed by atoms with van der Waals surface area (Å²) in [7, 11) is 4.43. The maximum atomic E-state index is 13.7. The lowest BCUT2D eigenvalue weighted by molar-refractivity contribution is -0.132. The van der Waals surface area contributed by atoms with Crippen LogP contribution in [0.4, 0.5) is 5.13 Å². The number of carbonyl (C=O) groups is 2. The predicted octanol–water partition coefficient (Wildman–Crippen LogP) is 5.75. The smallest absolute Gasteiger partial charge is 0.301 e. The van der Waals surface area contributed by atoms with Gasteiger partial charge in [0.25, 0.3) is 5.78 Å². The van der Waals surface area contributed by atoms with E-state index in [0.717, 1.165) is 4.70 Å². The fraction of sp³-hybridized carbons (Fsp3) is 0.258. The van der Waals surface area contributed by atoms with Crippen molar-refractivity contribution in [2.24, 2.45) is 0 Å². The summed E-state index contributed by atoms with van der Waals surface area (Å²) < 4.78 is 28.5. The number of anilines is 1. The lowest BCUT2D eigenvalue weighted by Crippen LogP contribution is -2.29. The Morgan fingerprint density at radius 3 is 2.10 bits per heavy atom. The Bertz CT molecular complexity index is 1650.